The number of amides is 1. The second-order valence-corrected chi connectivity index (χ2v) is 5.42. The molecule has 128 valence electrons. The van der Waals surface area contributed by atoms with Crippen LogP contribution < -0.4 is 10.1 Å². The molecule has 3 rings (SSSR count). The summed E-state index contributed by atoms with van der Waals surface area (Å²) in [6, 6.07) is 12.9. The summed E-state index contributed by atoms with van der Waals surface area (Å²) >= 11 is 0. The smallest absolute Gasteiger partial charge is 0.227 e. The number of pyridine rings is 1. The fraction of sp³-hybridized carbons (Fsp3) is 0.222. The summed E-state index contributed by atoms with van der Waals surface area (Å²) in [5.41, 5.74) is 1.51. The Morgan fingerprint density at radius 3 is 2.92 bits per heavy atom. The van der Waals surface area contributed by atoms with Gasteiger partial charge in [-0.2, -0.15) is 4.98 Å². The van der Waals surface area contributed by atoms with E-state index >= 15 is 0 Å². The van der Waals surface area contributed by atoms with Crippen LogP contribution in [-0.4, -0.2) is 21.0 Å². The van der Waals surface area contributed by atoms with Gasteiger partial charge >= 0.3 is 0 Å². The van der Waals surface area contributed by atoms with Crippen LogP contribution in [-0.2, 0) is 17.8 Å². The van der Waals surface area contributed by atoms with E-state index in [0.717, 1.165) is 5.69 Å². The molecule has 7 nitrogen and oxygen atoms in total. The number of hydrogen-bond acceptors (Lipinski definition) is 6. The molecule has 25 heavy (non-hydrogen) atoms. The van der Waals surface area contributed by atoms with Crippen LogP contribution >= 0.6 is 0 Å². The van der Waals surface area contributed by atoms with Gasteiger partial charge in [-0.15, -0.1) is 0 Å². The second-order valence-electron chi connectivity index (χ2n) is 5.42. The number of aryl methyl sites for hydroxylation is 2. The molecule has 1 N–H and O–H groups in total. The van der Waals surface area contributed by atoms with Gasteiger partial charge < -0.3 is 14.6 Å². The molecule has 7 heteroatoms. The number of nitrogens with one attached hydrogen (secondary N) is 1. The van der Waals surface area contributed by atoms with Crippen molar-refractivity contribution >= 4 is 11.6 Å². The first-order valence-corrected chi connectivity index (χ1v) is 7.91. The number of ether oxygens (including phenoxy) is 1. The SMILES string of the molecule is Cc1noc(CCC(=O)Nc2cccc(OCc3ccccn3)c2)n1. The molecule has 3 aromatic rings. The zero-order chi connectivity index (χ0) is 17.5. The van der Waals surface area contributed by atoms with E-state index in [-0.39, 0.29) is 12.3 Å². The van der Waals surface area contributed by atoms with Crippen molar-refractivity contribution in [1.82, 2.24) is 15.1 Å². The fourth-order valence-electron chi connectivity index (χ4n) is 2.19. The number of aromatic nitrogens is 3. The molecule has 0 saturated carbocycles. The quantitative estimate of drug-likeness (QED) is 0.712. The lowest BCUT2D eigenvalue weighted by molar-refractivity contribution is -0.116. The maximum Gasteiger partial charge on any atom is 0.227 e. The highest BCUT2D eigenvalue weighted by Crippen LogP contribution is 2.18. The molecule has 2 heterocycles. The zero-order valence-corrected chi connectivity index (χ0v) is 13.8. The second kappa shape index (κ2) is 8.05. The van der Waals surface area contributed by atoms with Gasteiger partial charge in [0.2, 0.25) is 11.8 Å². The van der Waals surface area contributed by atoms with E-state index in [1.807, 2.05) is 36.4 Å². The first-order chi connectivity index (χ1) is 12.2. The molecule has 0 saturated heterocycles. The maximum atomic E-state index is 12.0. The van der Waals surface area contributed by atoms with Crippen LogP contribution in [0.15, 0.2) is 53.2 Å². The summed E-state index contributed by atoms with van der Waals surface area (Å²) < 4.78 is 10.7. The van der Waals surface area contributed by atoms with E-state index in [9.17, 15) is 4.79 Å². The molecular formula is C18H18N4O3. The Kier molecular flexibility index (Phi) is 5.36. The largest absolute Gasteiger partial charge is 0.487 e. The van der Waals surface area contributed by atoms with Gasteiger partial charge in [0.25, 0.3) is 0 Å². The van der Waals surface area contributed by atoms with Crippen LogP contribution in [0.5, 0.6) is 5.75 Å². The lowest BCUT2D eigenvalue weighted by Crippen LogP contribution is -2.12. The van der Waals surface area contributed by atoms with Crippen LogP contribution in [0, 0.1) is 6.92 Å². The van der Waals surface area contributed by atoms with Crippen molar-refractivity contribution in [3.05, 3.63) is 66.1 Å². The Labute approximate surface area is 145 Å². The molecule has 1 amide bonds. The molecule has 0 unspecified atom stereocenters. The third-order valence-electron chi connectivity index (χ3n) is 3.37. The lowest BCUT2D eigenvalue weighted by Gasteiger charge is -2.08. The number of hydrogen-bond donors (Lipinski definition) is 1. The molecule has 0 spiro atoms. The Bertz CT molecular complexity index is 833. The number of carbonyl (C=O) groups excluding carboxylic acids is 1. The van der Waals surface area contributed by atoms with Gasteiger partial charge in [-0.05, 0) is 31.2 Å². The minimum absolute atomic E-state index is 0.127. The summed E-state index contributed by atoms with van der Waals surface area (Å²) in [5, 5.41) is 6.53. The molecule has 0 aliphatic heterocycles. The maximum absolute atomic E-state index is 12.0. The van der Waals surface area contributed by atoms with Gasteiger partial charge in [0, 0.05) is 30.8 Å². The minimum atomic E-state index is -0.127. The summed E-state index contributed by atoms with van der Waals surface area (Å²) in [6.07, 6.45) is 2.39. The summed E-state index contributed by atoms with van der Waals surface area (Å²) in [5.74, 6) is 1.56. The van der Waals surface area contributed by atoms with Gasteiger partial charge in [-0.3, -0.25) is 9.78 Å². The highest BCUT2D eigenvalue weighted by molar-refractivity contribution is 5.90. The Morgan fingerprint density at radius 2 is 2.16 bits per heavy atom. The van der Waals surface area contributed by atoms with Gasteiger partial charge in [0.15, 0.2) is 5.82 Å². The highest BCUT2D eigenvalue weighted by atomic mass is 16.5. The molecule has 0 atom stereocenters. The number of anilines is 1. The molecule has 0 aliphatic rings. The van der Waals surface area contributed by atoms with Crippen molar-refractivity contribution < 1.29 is 14.1 Å². The number of carbonyl (C=O) groups is 1. The third-order valence-corrected chi connectivity index (χ3v) is 3.37. The first-order valence-electron chi connectivity index (χ1n) is 7.91. The third kappa shape index (κ3) is 5.13. The summed E-state index contributed by atoms with van der Waals surface area (Å²) in [4.78, 5) is 20.3. The molecule has 0 bridgehead atoms. The molecule has 0 radical (unpaired) electrons. The molecule has 2 aromatic heterocycles. The van der Waals surface area contributed by atoms with E-state index in [4.69, 9.17) is 9.26 Å². The van der Waals surface area contributed by atoms with E-state index < -0.39 is 0 Å². The van der Waals surface area contributed by atoms with Crippen molar-refractivity contribution in [2.45, 2.75) is 26.4 Å². The average Bonchev–Trinajstić information content (AvgIpc) is 3.05. The van der Waals surface area contributed by atoms with Crippen molar-refractivity contribution in [2.24, 2.45) is 0 Å². The monoisotopic (exact) mass is 338 g/mol. The molecule has 0 fully saturated rings. The van der Waals surface area contributed by atoms with Gasteiger partial charge in [-0.25, -0.2) is 0 Å². The normalized spacial score (nSPS) is 10.4. The Morgan fingerprint density at radius 1 is 1.24 bits per heavy atom. The van der Waals surface area contributed by atoms with Gasteiger partial charge in [0.1, 0.15) is 12.4 Å². The summed E-state index contributed by atoms with van der Waals surface area (Å²) in [6.45, 7) is 2.11. The van der Waals surface area contributed by atoms with E-state index in [2.05, 4.69) is 20.4 Å². The fourth-order valence-corrected chi connectivity index (χ4v) is 2.19. The van der Waals surface area contributed by atoms with Crippen molar-refractivity contribution in [3.8, 4) is 5.75 Å². The van der Waals surface area contributed by atoms with E-state index in [1.54, 1.807) is 19.2 Å². The van der Waals surface area contributed by atoms with Crippen LogP contribution in [0.4, 0.5) is 5.69 Å². The van der Waals surface area contributed by atoms with Crippen LogP contribution in [0.2, 0.25) is 0 Å². The van der Waals surface area contributed by atoms with Crippen LogP contribution in [0.25, 0.3) is 0 Å². The number of benzene rings is 1. The average molecular weight is 338 g/mol. The minimum Gasteiger partial charge on any atom is -0.487 e. The van der Waals surface area contributed by atoms with Crippen LogP contribution in [0.3, 0.4) is 0 Å². The Hall–Kier alpha value is -3.22. The molecule has 1 aromatic carbocycles. The first kappa shape index (κ1) is 16.6. The number of rotatable bonds is 7. The van der Waals surface area contributed by atoms with Crippen molar-refractivity contribution in [2.75, 3.05) is 5.32 Å². The van der Waals surface area contributed by atoms with Crippen molar-refractivity contribution in [1.29, 1.82) is 0 Å². The highest BCUT2D eigenvalue weighted by Gasteiger charge is 2.08. The predicted octanol–water partition coefficient (Wildman–Crippen LogP) is 2.92. The van der Waals surface area contributed by atoms with Gasteiger partial charge in [0.05, 0.1) is 5.69 Å². The standard InChI is InChI=1S/C18H18N4O3/c1-13-20-18(25-22-13)9-8-17(23)21-14-6-4-7-16(11-14)24-12-15-5-2-3-10-19-15/h2-7,10-11H,8-9,12H2,1H3,(H,21,23). The van der Waals surface area contributed by atoms with E-state index in [0.29, 0.717) is 36.2 Å². The lowest BCUT2D eigenvalue weighted by atomic mass is 10.2. The van der Waals surface area contributed by atoms with Crippen molar-refractivity contribution in [3.63, 3.8) is 0 Å². The Balaban J connectivity index is 1.51. The number of nitrogens with zero attached hydrogens (tertiary/aromatic N) is 3. The van der Waals surface area contributed by atoms with Crippen LogP contribution in [0.1, 0.15) is 23.8 Å². The molecular weight excluding hydrogens is 320 g/mol. The van der Waals surface area contributed by atoms with Gasteiger partial charge in [-0.1, -0.05) is 17.3 Å². The van der Waals surface area contributed by atoms with E-state index in [1.165, 1.54) is 0 Å². The summed E-state index contributed by atoms with van der Waals surface area (Å²) in [7, 11) is 0. The topological polar surface area (TPSA) is 90.1 Å². The zero-order valence-electron chi connectivity index (χ0n) is 13.8. The molecule has 0 aliphatic carbocycles. The predicted molar refractivity (Wildman–Crippen MR) is 91.0 cm³/mol.